The van der Waals surface area contributed by atoms with Crippen molar-refractivity contribution in [2.45, 2.75) is 26.8 Å². The molecule has 1 aromatic heterocycles. The maximum absolute atomic E-state index is 13.1. The Balaban J connectivity index is 2.03. The molecular formula is C22H21Cl2N3O3. The van der Waals surface area contributed by atoms with Gasteiger partial charge in [0.05, 0.1) is 0 Å². The summed E-state index contributed by atoms with van der Waals surface area (Å²) in [6.45, 7) is 3.13. The molecule has 6 nitrogen and oxygen atoms in total. The van der Waals surface area contributed by atoms with E-state index >= 15 is 0 Å². The lowest BCUT2D eigenvalue weighted by molar-refractivity contribution is -0.116. The third kappa shape index (κ3) is 4.90. The summed E-state index contributed by atoms with van der Waals surface area (Å²) in [7, 11) is 0. The minimum Gasteiger partial charge on any atom is -0.396 e. The first-order valence-corrected chi connectivity index (χ1v) is 10.1. The number of carbonyl (C=O) groups is 1. The molecule has 8 heteroatoms. The van der Waals surface area contributed by atoms with Crippen LogP contribution in [-0.2, 0) is 17.8 Å². The third-order valence-corrected chi connectivity index (χ3v) is 5.20. The molecular weight excluding hydrogens is 425 g/mol. The summed E-state index contributed by atoms with van der Waals surface area (Å²) >= 11 is 12.0. The number of aliphatic hydroxyl groups is 1. The Labute approximate surface area is 184 Å². The molecule has 0 fully saturated rings. The molecule has 0 aliphatic heterocycles. The Kier molecular flexibility index (Phi) is 6.92. The quantitative estimate of drug-likeness (QED) is 0.600. The minimum atomic E-state index is -0.390. The number of nitrogens with one attached hydrogen (secondary N) is 1. The van der Waals surface area contributed by atoms with Gasteiger partial charge in [0, 0.05) is 45.6 Å². The van der Waals surface area contributed by atoms with Crippen molar-refractivity contribution in [3.05, 3.63) is 79.7 Å². The van der Waals surface area contributed by atoms with Gasteiger partial charge in [-0.25, -0.2) is 4.98 Å². The molecule has 3 aromatic rings. The van der Waals surface area contributed by atoms with Crippen molar-refractivity contribution in [3.63, 3.8) is 0 Å². The summed E-state index contributed by atoms with van der Waals surface area (Å²) < 4.78 is 1.32. The Bertz CT molecular complexity index is 1140. The number of benzene rings is 2. The molecule has 0 atom stereocenters. The van der Waals surface area contributed by atoms with Crippen LogP contribution < -0.4 is 10.9 Å². The zero-order valence-electron chi connectivity index (χ0n) is 16.6. The highest BCUT2D eigenvalue weighted by Crippen LogP contribution is 2.22. The van der Waals surface area contributed by atoms with Gasteiger partial charge in [0.2, 0.25) is 5.91 Å². The second-order valence-corrected chi connectivity index (χ2v) is 7.75. The Morgan fingerprint density at radius 3 is 2.43 bits per heavy atom. The first-order chi connectivity index (χ1) is 14.3. The van der Waals surface area contributed by atoms with Gasteiger partial charge in [-0.3, -0.25) is 14.2 Å². The van der Waals surface area contributed by atoms with Crippen molar-refractivity contribution in [2.24, 2.45) is 0 Å². The van der Waals surface area contributed by atoms with E-state index in [1.807, 2.05) is 6.92 Å². The van der Waals surface area contributed by atoms with Crippen LogP contribution in [0.15, 0.2) is 47.3 Å². The minimum absolute atomic E-state index is 0.160. The summed E-state index contributed by atoms with van der Waals surface area (Å²) in [5, 5.41) is 13.2. The summed E-state index contributed by atoms with van der Waals surface area (Å²) in [5.41, 5.74) is 2.61. The molecule has 0 unspecified atom stereocenters. The Morgan fingerprint density at radius 1 is 1.10 bits per heavy atom. The lowest BCUT2D eigenvalue weighted by Gasteiger charge is -2.16. The smallest absolute Gasteiger partial charge is 0.257 e. The average Bonchev–Trinajstić information content (AvgIpc) is 2.70. The van der Waals surface area contributed by atoms with Crippen LogP contribution in [0.2, 0.25) is 10.0 Å². The molecule has 2 aromatic carbocycles. The van der Waals surface area contributed by atoms with Crippen LogP contribution in [0.4, 0.5) is 5.69 Å². The lowest BCUT2D eigenvalue weighted by Crippen LogP contribution is -2.33. The van der Waals surface area contributed by atoms with E-state index in [0.717, 1.165) is 5.56 Å². The first kappa shape index (κ1) is 22.0. The van der Waals surface area contributed by atoms with Crippen LogP contribution in [0.5, 0.6) is 0 Å². The molecule has 0 spiro atoms. The average molecular weight is 446 g/mol. The fourth-order valence-corrected chi connectivity index (χ4v) is 3.43. The van der Waals surface area contributed by atoms with Crippen LogP contribution >= 0.6 is 23.2 Å². The van der Waals surface area contributed by atoms with Crippen LogP contribution in [-0.4, -0.2) is 27.2 Å². The number of anilines is 1. The lowest BCUT2D eigenvalue weighted by atomic mass is 10.1. The van der Waals surface area contributed by atoms with Gasteiger partial charge in [-0.1, -0.05) is 29.3 Å². The maximum atomic E-state index is 13.1. The number of aryl methyl sites for hydroxylation is 2. The van der Waals surface area contributed by atoms with Crippen molar-refractivity contribution < 1.29 is 9.90 Å². The molecule has 156 valence electrons. The van der Waals surface area contributed by atoms with Gasteiger partial charge in [-0.2, -0.15) is 0 Å². The maximum Gasteiger partial charge on any atom is 0.257 e. The molecule has 0 saturated heterocycles. The molecule has 0 radical (unpaired) electrons. The molecule has 0 aliphatic rings. The SMILES string of the molecule is Cc1ccc(Cl)cc1NC(=O)Cn1c(-c2ccc(Cl)cc2)nc(C)c(CCO)c1=O. The van der Waals surface area contributed by atoms with Gasteiger partial charge in [-0.05, 0) is 55.8 Å². The second-order valence-electron chi connectivity index (χ2n) is 6.88. The van der Waals surface area contributed by atoms with Crippen LogP contribution in [0, 0.1) is 13.8 Å². The zero-order chi connectivity index (χ0) is 21.8. The van der Waals surface area contributed by atoms with Gasteiger partial charge in [0.25, 0.3) is 5.56 Å². The molecule has 0 saturated carbocycles. The van der Waals surface area contributed by atoms with Crippen molar-refractivity contribution in [2.75, 3.05) is 11.9 Å². The van der Waals surface area contributed by atoms with Gasteiger partial charge >= 0.3 is 0 Å². The molecule has 2 N–H and O–H groups in total. The monoisotopic (exact) mass is 445 g/mol. The number of amides is 1. The summed E-state index contributed by atoms with van der Waals surface area (Å²) in [6, 6.07) is 12.1. The van der Waals surface area contributed by atoms with E-state index in [1.165, 1.54) is 4.57 Å². The van der Waals surface area contributed by atoms with Crippen molar-refractivity contribution >= 4 is 34.8 Å². The molecule has 1 heterocycles. The topological polar surface area (TPSA) is 84.2 Å². The number of nitrogens with zero attached hydrogens (tertiary/aromatic N) is 2. The van der Waals surface area contributed by atoms with E-state index in [1.54, 1.807) is 49.4 Å². The highest BCUT2D eigenvalue weighted by molar-refractivity contribution is 6.31. The normalized spacial score (nSPS) is 10.8. The number of rotatable bonds is 6. The van der Waals surface area contributed by atoms with Crippen molar-refractivity contribution in [1.29, 1.82) is 0 Å². The van der Waals surface area contributed by atoms with E-state index in [2.05, 4.69) is 10.3 Å². The predicted molar refractivity (Wildman–Crippen MR) is 119 cm³/mol. The summed E-state index contributed by atoms with van der Waals surface area (Å²) in [5.74, 6) is -0.0351. The number of aromatic nitrogens is 2. The number of halogens is 2. The van der Waals surface area contributed by atoms with E-state index < -0.39 is 5.91 Å². The van der Waals surface area contributed by atoms with Crippen LogP contribution in [0.25, 0.3) is 11.4 Å². The molecule has 0 bridgehead atoms. The molecule has 3 rings (SSSR count). The molecule has 0 aliphatic carbocycles. The number of carbonyl (C=O) groups excluding carboxylic acids is 1. The number of hydrogen-bond acceptors (Lipinski definition) is 4. The standard InChI is InChI=1S/C22H21Cl2N3O3/c1-13-3-6-17(24)11-19(13)26-20(29)12-27-21(15-4-7-16(23)8-5-15)25-14(2)18(9-10-28)22(27)30/h3-8,11,28H,9-10,12H2,1-2H3,(H,26,29). The Morgan fingerprint density at radius 2 is 1.77 bits per heavy atom. The van der Waals surface area contributed by atoms with E-state index in [9.17, 15) is 14.7 Å². The fraction of sp³-hybridized carbons (Fsp3) is 0.227. The third-order valence-electron chi connectivity index (χ3n) is 4.71. The second kappa shape index (κ2) is 9.43. The molecule has 1 amide bonds. The largest absolute Gasteiger partial charge is 0.396 e. The Hall–Kier alpha value is -2.67. The van der Waals surface area contributed by atoms with E-state index in [4.69, 9.17) is 23.2 Å². The first-order valence-electron chi connectivity index (χ1n) is 9.33. The summed E-state index contributed by atoms with van der Waals surface area (Å²) in [4.78, 5) is 30.5. The van der Waals surface area contributed by atoms with Crippen LogP contribution in [0.1, 0.15) is 16.8 Å². The van der Waals surface area contributed by atoms with E-state index in [0.29, 0.717) is 38.4 Å². The zero-order valence-corrected chi connectivity index (χ0v) is 18.1. The van der Waals surface area contributed by atoms with Crippen molar-refractivity contribution in [3.8, 4) is 11.4 Å². The van der Waals surface area contributed by atoms with Gasteiger partial charge in [0.15, 0.2) is 0 Å². The highest BCUT2D eigenvalue weighted by Gasteiger charge is 2.18. The van der Waals surface area contributed by atoms with Crippen molar-refractivity contribution in [1.82, 2.24) is 9.55 Å². The van der Waals surface area contributed by atoms with Gasteiger partial charge < -0.3 is 10.4 Å². The highest BCUT2D eigenvalue weighted by atomic mass is 35.5. The summed E-state index contributed by atoms with van der Waals surface area (Å²) in [6.07, 6.45) is 0.160. The van der Waals surface area contributed by atoms with Gasteiger partial charge in [-0.15, -0.1) is 0 Å². The molecule has 30 heavy (non-hydrogen) atoms. The predicted octanol–water partition coefficient (Wildman–Crippen LogP) is 4.01. The number of aliphatic hydroxyl groups excluding tert-OH is 1. The van der Waals surface area contributed by atoms with Gasteiger partial charge in [0.1, 0.15) is 12.4 Å². The number of hydrogen-bond donors (Lipinski definition) is 2. The van der Waals surface area contributed by atoms with E-state index in [-0.39, 0.29) is 25.1 Å². The van der Waals surface area contributed by atoms with Crippen LogP contribution in [0.3, 0.4) is 0 Å². The fourth-order valence-electron chi connectivity index (χ4n) is 3.13.